The summed E-state index contributed by atoms with van der Waals surface area (Å²) in [4.78, 5) is 38.0. The molecule has 1 saturated carbocycles. The van der Waals surface area contributed by atoms with E-state index in [1.54, 1.807) is 24.3 Å². The van der Waals surface area contributed by atoms with Crippen LogP contribution in [0.1, 0.15) is 65.5 Å². The highest BCUT2D eigenvalue weighted by Gasteiger charge is 2.33. The fraction of sp³-hybridized carbons (Fsp3) is 0.375. The molecule has 31 heavy (non-hydrogen) atoms. The maximum absolute atomic E-state index is 13.1. The minimum Gasteiger partial charge on any atom is -0.444 e. The standard InChI is InChI=1S/C24H29N3O4/c1-24(2,3)31-23(30)26-14-16-4-10-19(11-5-16)22(29)27(20-12-13-20)15-17-6-8-18(9-7-17)21(25)28/h4-11,20H,12-15H2,1-3H3,(H2,25,28)(H,26,30). The van der Waals surface area contributed by atoms with E-state index in [-0.39, 0.29) is 11.9 Å². The molecular formula is C24H29N3O4. The maximum Gasteiger partial charge on any atom is 0.407 e. The quantitative estimate of drug-likeness (QED) is 0.710. The molecule has 0 unspecified atom stereocenters. The first kappa shape index (κ1) is 22.3. The second kappa shape index (κ2) is 9.20. The Hall–Kier alpha value is -3.35. The van der Waals surface area contributed by atoms with Gasteiger partial charge in [-0.1, -0.05) is 24.3 Å². The lowest BCUT2D eigenvalue weighted by Gasteiger charge is -2.23. The van der Waals surface area contributed by atoms with Gasteiger partial charge < -0.3 is 20.7 Å². The van der Waals surface area contributed by atoms with Crippen LogP contribution in [0.15, 0.2) is 48.5 Å². The highest BCUT2D eigenvalue weighted by molar-refractivity contribution is 5.95. The summed E-state index contributed by atoms with van der Waals surface area (Å²) in [6, 6.07) is 14.5. The summed E-state index contributed by atoms with van der Waals surface area (Å²) in [6.45, 7) is 6.23. The van der Waals surface area contributed by atoms with Gasteiger partial charge in [0.05, 0.1) is 0 Å². The van der Waals surface area contributed by atoms with Gasteiger partial charge in [-0.25, -0.2) is 4.79 Å². The van der Waals surface area contributed by atoms with Gasteiger partial charge in [-0.05, 0) is 69.0 Å². The van der Waals surface area contributed by atoms with Gasteiger partial charge >= 0.3 is 6.09 Å². The van der Waals surface area contributed by atoms with Crippen LogP contribution >= 0.6 is 0 Å². The first-order chi connectivity index (χ1) is 14.6. The number of carbonyl (C=O) groups is 3. The number of primary amides is 1. The molecule has 0 aromatic heterocycles. The van der Waals surface area contributed by atoms with Gasteiger partial charge in [-0.3, -0.25) is 9.59 Å². The Bertz CT molecular complexity index is 942. The van der Waals surface area contributed by atoms with E-state index in [1.165, 1.54) is 0 Å². The maximum atomic E-state index is 13.1. The van der Waals surface area contributed by atoms with Gasteiger partial charge in [0.15, 0.2) is 0 Å². The molecule has 0 aliphatic heterocycles. The molecular weight excluding hydrogens is 394 g/mol. The van der Waals surface area contributed by atoms with Crippen LogP contribution in [-0.4, -0.2) is 34.5 Å². The van der Waals surface area contributed by atoms with Gasteiger partial charge in [0.25, 0.3) is 5.91 Å². The third-order valence-electron chi connectivity index (χ3n) is 4.88. The molecule has 1 aliphatic carbocycles. The van der Waals surface area contributed by atoms with Crippen molar-refractivity contribution in [3.8, 4) is 0 Å². The van der Waals surface area contributed by atoms with Crippen molar-refractivity contribution in [3.63, 3.8) is 0 Å². The van der Waals surface area contributed by atoms with Crippen LogP contribution < -0.4 is 11.1 Å². The van der Waals surface area contributed by atoms with Crippen molar-refractivity contribution in [2.75, 3.05) is 0 Å². The second-order valence-corrected chi connectivity index (χ2v) is 8.78. The second-order valence-electron chi connectivity index (χ2n) is 8.78. The van der Waals surface area contributed by atoms with E-state index in [2.05, 4.69) is 5.32 Å². The Kier molecular flexibility index (Phi) is 6.63. The van der Waals surface area contributed by atoms with E-state index < -0.39 is 17.6 Å². The topological polar surface area (TPSA) is 102 Å². The highest BCUT2D eigenvalue weighted by atomic mass is 16.6. The number of benzene rings is 2. The van der Waals surface area contributed by atoms with E-state index in [9.17, 15) is 14.4 Å². The fourth-order valence-electron chi connectivity index (χ4n) is 3.14. The van der Waals surface area contributed by atoms with E-state index in [0.717, 1.165) is 24.0 Å². The van der Waals surface area contributed by atoms with Gasteiger partial charge in [0.2, 0.25) is 5.91 Å². The average Bonchev–Trinajstić information content (AvgIpc) is 3.54. The monoisotopic (exact) mass is 423 g/mol. The molecule has 0 bridgehead atoms. The normalized spacial score (nSPS) is 13.4. The molecule has 2 aromatic rings. The first-order valence-corrected chi connectivity index (χ1v) is 10.4. The van der Waals surface area contributed by atoms with Crippen molar-refractivity contribution >= 4 is 17.9 Å². The zero-order valence-corrected chi connectivity index (χ0v) is 18.2. The highest BCUT2D eigenvalue weighted by Crippen LogP contribution is 2.30. The van der Waals surface area contributed by atoms with E-state index >= 15 is 0 Å². The summed E-state index contributed by atoms with van der Waals surface area (Å²) in [5.74, 6) is -0.504. The Labute approximate surface area is 182 Å². The van der Waals surface area contributed by atoms with Gasteiger partial charge in [0.1, 0.15) is 5.60 Å². The van der Waals surface area contributed by atoms with Crippen LogP contribution in [0.25, 0.3) is 0 Å². The van der Waals surface area contributed by atoms with Gasteiger partial charge in [-0.15, -0.1) is 0 Å². The molecule has 0 spiro atoms. The predicted octanol–water partition coefficient (Wildman–Crippen LogP) is 3.62. The zero-order valence-electron chi connectivity index (χ0n) is 18.2. The number of hydrogen-bond acceptors (Lipinski definition) is 4. The molecule has 0 atom stereocenters. The van der Waals surface area contributed by atoms with Crippen LogP contribution in [0.4, 0.5) is 4.79 Å². The molecule has 1 aliphatic rings. The number of hydrogen-bond donors (Lipinski definition) is 2. The third-order valence-corrected chi connectivity index (χ3v) is 4.88. The summed E-state index contributed by atoms with van der Waals surface area (Å²) >= 11 is 0. The number of nitrogens with zero attached hydrogens (tertiary/aromatic N) is 1. The van der Waals surface area contributed by atoms with E-state index in [4.69, 9.17) is 10.5 Å². The zero-order chi connectivity index (χ0) is 22.6. The number of ether oxygens (including phenoxy) is 1. The number of nitrogens with one attached hydrogen (secondary N) is 1. The molecule has 3 rings (SSSR count). The molecule has 3 N–H and O–H groups in total. The molecule has 7 nitrogen and oxygen atoms in total. The minimum absolute atomic E-state index is 0.0341. The number of alkyl carbamates (subject to hydrolysis) is 1. The summed E-state index contributed by atoms with van der Waals surface area (Å²) in [5.41, 5.74) is 7.61. The first-order valence-electron chi connectivity index (χ1n) is 10.4. The van der Waals surface area contributed by atoms with Crippen molar-refractivity contribution in [2.45, 2.75) is 58.3 Å². The Morgan fingerprint density at radius 2 is 1.52 bits per heavy atom. The van der Waals surface area contributed by atoms with Crippen molar-refractivity contribution in [2.24, 2.45) is 5.73 Å². The smallest absolute Gasteiger partial charge is 0.407 e. The number of carbonyl (C=O) groups excluding carboxylic acids is 3. The van der Waals surface area contributed by atoms with Crippen LogP contribution in [0.5, 0.6) is 0 Å². The molecule has 0 radical (unpaired) electrons. The van der Waals surface area contributed by atoms with Crippen molar-refractivity contribution < 1.29 is 19.1 Å². The predicted molar refractivity (Wildman–Crippen MR) is 117 cm³/mol. The van der Waals surface area contributed by atoms with Crippen LogP contribution in [0.3, 0.4) is 0 Å². The minimum atomic E-state index is -0.549. The van der Waals surface area contributed by atoms with Crippen molar-refractivity contribution in [1.82, 2.24) is 10.2 Å². The third kappa shape index (κ3) is 6.57. The average molecular weight is 424 g/mol. The van der Waals surface area contributed by atoms with Crippen molar-refractivity contribution in [1.29, 1.82) is 0 Å². The lowest BCUT2D eigenvalue weighted by Crippen LogP contribution is -2.33. The number of amides is 3. The fourth-order valence-corrected chi connectivity index (χ4v) is 3.14. The van der Waals surface area contributed by atoms with Gasteiger partial charge in [0, 0.05) is 30.3 Å². The molecule has 7 heteroatoms. The summed E-state index contributed by atoms with van der Waals surface area (Å²) in [6.07, 6.45) is 1.50. The summed E-state index contributed by atoms with van der Waals surface area (Å²) in [7, 11) is 0. The van der Waals surface area contributed by atoms with Gasteiger partial charge in [-0.2, -0.15) is 0 Å². The molecule has 0 saturated heterocycles. The Morgan fingerprint density at radius 1 is 0.968 bits per heavy atom. The van der Waals surface area contributed by atoms with Crippen LogP contribution in [0.2, 0.25) is 0 Å². The van der Waals surface area contributed by atoms with E-state index in [1.807, 2.05) is 49.9 Å². The van der Waals surface area contributed by atoms with Crippen LogP contribution in [0, 0.1) is 0 Å². The lowest BCUT2D eigenvalue weighted by atomic mass is 10.1. The summed E-state index contributed by atoms with van der Waals surface area (Å²) in [5, 5.41) is 2.71. The molecule has 2 aromatic carbocycles. The Balaban J connectivity index is 1.62. The summed E-state index contributed by atoms with van der Waals surface area (Å²) < 4.78 is 5.23. The SMILES string of the molecule is CC(C)(C)OC(=O)NCc1ccc(C(=O)N(Cc2ccc(C(N)=O)cc2)C2CC2)cc1. The Morgan fingerprint density at radius 3 is 2.03 bits per heavy atom. The number of nitrogens with two attached hydrogens (primary N) is 1. The molecule has 0 heterocycles. The van der Waals surface area contributed by atoms with E-state index in [0.29, 0.717) is 24.2 Å². The molecule has 1 fully saturated rings. The largest absolute Gasteiger partial charge is 0.444 e. The van der Waals surface area contributed by atoms with Crippen molar-refractivity contribution in [3.05, 3.63) is 70.8 Å². The molecule has 164 valence electrons. The lowest BCUT2D eigenvalue weighted by molar-refractivity contribution is 0.0523. The molecule has 3 amide bonds. The van der Waals surface area contributed by atoms with Crippen LogP contribution in [-0.2, 0) is 17.8 Å². The number of rotatable bonds is 7.